The number of alkyl halides is 6. The zero-order valence-corrected chi connectivity index (χ0v) is 19.3. The lowest BCUT2D eigenvalue weighted by Crippen LogP contribution is -2.42. The Hall–Kier alpha value is -2.12. The molecule has 13 heteroatoms. The Labute approximate surface area is 193 Å². The summed E-state index contributed by atoms with van der Waals surface area (Å²) in [5, 5.41) is 0. The van der Waals surface area contributed by atoms with Crippen LogP contribution in [0.1, 0.15) is 48.1 Å². The van der Waals surface area contributed by atoms with Crippen LogP contribution >= 0.6 is 0 Å². The Bertz CT molecular complexity index is 1240. The molecule has 2 aromatic carbocycles. The molecule has 2 atom stereocenters. The van der Waals surface area contributed by atoms with Crippen molar-refractivity contribution in [3.63, 3.8) is 0 Å². The van der Waals surface area contributed by atoms with Gasteiger partial charge in [-0.3, -0.25) is 0 Å². The van der Waals surface area contributed by atoms with Crippen molar-refractivity contribution in [3.8, 4) is 0 Å². The molecule has 0 N–H and O–H groups in total. The maximum absolute atomic E-state index is 13.4. The van der Waals surface area contributed by atoms with Crippen LogP contribution in [0.15, 0.2) is 47.4 Å². The minimum absolute atomic E-state index is 0.0631. The minimum Gasteiger partial charge on any atom is -0.373 e. The van der Waals surface area contributed by atoms with Gasteiger partial charge in [0, 0.05) is 6.61 Å². The van der Waals surface area contributed by atoms with E-state index in [0.717, 1.165) is 24.3 Å². The molecular weight excluding hydrogens is 510 g/mol. The number of halogens is 6. The highest BCUT2D eigenvalue weighted by Gasteiger charge is 2.46. The van der Waals surface area contributed by atoms with Crippen molar-refractivity contribution in [2.75, 3.05) is 6.61 Å². The van der Waals surface area contributed by atoms with Gasteiger partial charge in [0.15, 0.2) is 9.84 Å². The number of rotatable bonds is 5. The molecule has 1 heterocycles. The summed E-state index contributed by atoms with van der Waals surface area (Å²) in [6.45, 7) is 1.13. The van der Waals surface area contributed by atoms with E-state index in [9.17, 15) is 43.2 Å². The second-order valence-corrected chi connectivity index (χ2v) is 11.7. The zero-order valence-electron chi connectivity index (χ0n) is 17.6. The molecule has 1 aliphatic rings. The quantitative estimate of drug-likeness (QED) is 0.439. The number of ether oxygens (including phenoxy) is 1. The fraction of sp³-hybridized carbons (Fsp3) is 0.429. The van der Waals surface area contributed by atoms with Crippen molar-refractivity contribution < 1.29 is 47.9 Å². The van der Waals surface area contributed by atoms with Crippen molar-refractivity contribution in [1.29, 1.82) is 0 Å². The number of hydrogen-bond acceptors (Lipinski definition) is 5. The molecule has 5 nitrogen and oxygen atoms in total. The van der Waals surface area contributed by atoms with E-state index >= 15 is 0 Å². The molecule has 1 fully saturated rings. The summed E-state index contributed by atoms with van der Waals surface area (Å²) in [6.07, 6.45) is -11.1. The lowest BCUT2D eigenvalue weighted by molar-refractivity contribution is -0.138. The molecular formula is C21H20F6O5S2. The Balaban J connectivity index is 2.01. The van der Waals surface area contributed by atoms with Gasteiger partial charge in [-0.15, -0.1) is 0 Å². The zero-order chi connectivity index (χ0) is 25.5. The van der Waals surface area contributed by atoms with E-state index in [1.807, 2.05) is 0 Å². The van der Waals surface area contributed by atoms with Crippen LogP contribution in [0.25, 0.3) is 0 Å². The van der Waals surface area contributed by atoms with Gasteiger partial charge in [-0.2, -0.15) is 26.3 Å². The molecule has 0 saturated carbocycles. The second-order valence-electron chi connectivity index (χ2n) is 8.24. The van der Waals surface area contributed by atoms with Crippen LogP contribution < -0.4 is 0 Å². The molecule has 0 spiro atoms. The molecule has 1 aliphatic heterocycles. The molecule has 1 saturated heterocycles. The average molecular weight is 531 g/mol. The fourth-order valence-corrected chi connectivity index (χ4v) is 6.17. The summed E-state index contributed by atoms with van der Waals surface area (Å²) in [5.74, 6) is -0.654. The molecule has 0 aliphatic carbocycles. The van der Waals surface area contributed by atoms with Gasteiger partial charge in [-0.25, -0.2) is 16.8 Å². The summed E-state index contributed by atoms with van der Waals surface area (Å²) in [6, 6.07) is 5.92. The van der Waals surface area contributed by atoms with Crippen LogP contribution in [0.3, 0.4) is 0 Å². The lowest BCUT2D eigenvalue weighted by Gasteiger charge is -2.38. The summed E-state index contributed by atoms with van der Waals surface area (Å²) < 4.78 is 132. The van der Waals surface area contributed by atoms with Crippen molar-refractivity contribution in [2.45, 2.75) is 53.6 Å². The minimum atomic E-state index is -4.79. The third-order valence-corrected chi connectivity index (χ3v) is 8.88. The normalized spacial score (nSPS) is 22.2. The van der Waals surface area contributed by atoms with Crippen LogP contribution in [0.2, 0.25) is 0 Å². The van der Waals surface area contributed by atoms with Gasteiger partial charge in [0.1, 0.15) is 10.7 Å². The average Bonchev–Trinajstić information content (AvgIpc) is 2.72. The predicted molar refractivity (Wildman–Crippen MR) is 110 cm³/mol. The van der Waals surface area contributed by atoms with E-state index in [0.29, 0.717) is 12.1 Å². The van der Waals surface area contributed by atoms with Crippen LogP contribution in [0, 0.1) is 0 Å². The smallest absolute Gasteiger partial charge is 0.373 e. The van der Waals surface area contributed by atoms with E-state index < -0.39 is 65.5 Å². The third-order valence-electron chi connectivity index (χ3n) is 5.71. The Kier molecular flexibility index (Phi) is 7.13. The van der Waals surface area contributed by atoms with E-state index in [-0.39, 0.29) is 30.6 Å². The van der Waals surface area contributed by atoms with Gasteiger partial charge >= 0.3 is 12.4 Å². The summed E-state index contributed by atoms with van der Waals surface area (Å²) in [7, 11) is -7.38. The van der Waals surface area contributed by atoms with E-state index in [4.69, 9.17) is 4.74 Å². The Morgan fingerprint density at radius 2 is 1.65 bits per heavy atom. The van der Waals surface area contributed by atoms with Gasteiger partial charge in [-0.05, 0) is 61.2 Å². The predicted octanol–water partition coefficient (Wildman–Crippen LogP) is 4.92. The summed E-state index contributed by atoms with van der Waals surface area (Å²) in [5.41, 5.74) is -2.46. The van der Waals surface area contributed by atoms with Gasteiger partial charge in [0.05, 0.1) is 32.6 Å². The maximum atomic E-state index is 13.4. The van der Waals surface area contributed by atoms with E-state index in [1.54, 1.807) is 0 Å². The van der Waals surface area contributed by atoms with Gasteiger partial charge in [-0.1, -0.05) is 12.1 Å². The van der Waals surface area contributed by atoms with E-state index in [2.05, 4.69) is 0 Å². The maximum Gasteiger partial charge on any atom is 0.416 e. The van der Waals surface area contributed by atoms with Crippen LogP contribution in [-0.4, -0.2) is 28.2 Å². The molecule has 2 unspecified atom stereocenters. The molecule has 3 rings (SSSR count). The largest absolute Gasteiger partial charge is 0.416 e. The van der Waals surface area contributed by atoms with Crippen LogP contribution in [-0.2, 0) is 43.4 Å². The van der Waals surface area contributed by atoms with Crippen LogP contribution in [0.4, 0.5) is 26.3 Å². The molecule has 0 amide bonds. The number of hydrogen-bond donors (Lipinski definition) is 1. The number of thiol groups is 1. The van der Waals surface area contributed by atoms with Crippen LogP contribution in [0.5, 0.6) is 0 Å². The second kappa shape index (κ2) is 9.15. The van der Waals surface area contributed by atoms with Crippen molar-refractivity contribution in [1.82, 2.24) is 0 Å². The SMILES string of the molecule is CC1(S(=O)(=O)c2cccc(C(F)(F)F)c2)CCOC(c2cc(C[SH](=O)=O)cc(C(F)(F)F)c2)C1. The fourth-order valence-electron chi connectivity index (χ4n) is 3.86. The van der Waals surface area contributed by atoms with Gasteiger partial charge in [0.2, 0.25) is 0 Å². The monoisotopic (exact) mass is 530 g/mol. The van der Waals surface area contributed by atoms with Crippen molar-refractivity contribution in [2.24, 2.45) is 0 Å². The molecule has 188 valence electrons. The molecule has 0 aromatic heterocycles. The Morgan fingerprint density at radius 3 is 2.24 bits per heavy atom. The highest BCUT2D eigenvalue weighted by molar-refractivity contribution is 7.92. The summed E-state index contributed by atoms with van der Waals surface area (Å²) in [4.78, 5) is -0.557. The van der Waals surface area contributed by atoms with Crippen molar-refractivity contribution in [3.05, 3.63) is 64.7 Å². The first kappa shape index (κ1) is 26.5. The van der Waals surface area contributed by atoms with Gasteiger partial charge in [0.25, 0.3) is 0 Å². The highest BCUT2D eigenvalue weighted by Crippen LogP contribution is 2.44. The first-order chi connectivity index (χ1) is 15.5. The topological polar surface area (TPSA) is 77.5 Å². The number of sulfone groups is 1. The molecule has 0 bridgehead atoms. The molecule has 34 heavy (non-hydrogen) atoms. The van der Waals surface area contributed by atoms with Gasteiger partial charge < -0.3 is 4.74 Å². The van der Waals surface area contributed by atoms with Crippen molar-refractivity contribution >= 4 is 20.5 Å². The first-order valence-corrected chi connectivity index (χ1v) is 12.7. The standard InChI is InChI=1S/C21H20F6O5S2/c1-19(34(30,31)17-4-2-3-15(10-17)20(22,23)24)5-6-32-18(11-19)14-7-13(12-33(28)29)8-16(9-14)21(25,26)27/h2-4,7-10,18,33H,5-6,11-12H2,1H3. The first-order valence-electron chi connectivity index (χ1n) is 9.89. The third kappa shape index (κ3) is 5.57. The highest BCUT2D eigenvalue weighted by atomic mass is 32.2. The molecule has 2 aromatic rings. The number of benzene rings is 2. The Morgan fingerprint density at radius 1 is 1.00 bits per heavy atom. The summed E-state index contributed by atoms with van der Waals surface area (Å²) >= 11 is 0. The lowest BCUT2D eigenvalue weighted by atomic mass is 9.91. The molecule has 0 radical (unpaired) electrons. The van der Waals surface area contributed by atoms with E-state index in [1.165, 1.54) is 13.0 Å².